The van der Waals surface area contributed by atoms with Crippen molar-refractivity contribution in [3.8, 4) is 0 Å². The summed E-state index contributed by atoms with van der Waals surface area (Å²) in [7, 11) is 1.69. The van der Waals surface area contributed by atoms with Gasteiger partial charge in [0.1, 0.15) is 17.8 Å². The number of hydrogen-bond acceptors (Lipinski definition) is 4. The number of anilines is 1. The van der Waals surface area contributed by atoms with Gasteiger partial charge in [-0.3, -0.25) is 0 Å². The van der Waals surface area contributed by atoms with Crippen LogP contribution in [-0.4, -0.2) is 28.3 Å². The maximum Gasteiger partial charge on any atom is 0.146 e. The number of nitrogens with two attached hydrogens (primary N) is 1. The van der Waals surface area contributed by atoms with Crippen LogP contribution in [0.25, 0.3) is 11.0 Å². The van der Waals surface area contributed by atoms with Crippen LogP contribution < -0.4 is 5.73 Å². The molecule has 2 heterocycles. The molecule has 2 aromatic rings. The fourth-order valence-electron chi connectivity index (χ4n) is 1.95. The second kappa shape index (κ2) is 4.09. The predicted molar refractivity (Wildman–Crippen MR) is 63.3 cm³/mol. The van der Waals surface area contributed by atoms with E-state index in [4.69, 9.17) is 10.5 Å². The summed E-state index contributed by atoms with van der Waals surface area (Å²) in [5.74, 6) is 0.543. The lowest BCUT2D eigenvalue weighted by molar-refractivity contribution is 0.187. The third-order valence-corrected chi connectivity index (χ3v) is 2.95. The molecule has 0 fully saturated rings. The van der Waals surface area contributed by atoms with Gasteiger partial charge in [0.05, 0.1) is 12.0 Å². The van der Waals surface area contributed by atoms with Gasteiger partial charge in [0.2, 0.25) is 0 Å². The normalized spacial score (nSPS) is 11.2. The zero-order chi connectivity index (χ0) is 11.7. The highest BCUT2D eigenvalue weighted by atomic mass is 16.5. The molecule has 5 heteroatoms. The molecular formula is C11H16N4O. The number of ether oxygens (including phenoxy) is 1. The lowest BCUT2D eigenvalue weighted by Gasteiger charge is -2.06. The van der Waals surface area contributed by atoms with Crippen LogP contribution in [0.15, 0.2) is 6.33 Å². The Hall–Kier alpha value is -1.62. The lowest BCUT2D eigenvalue weighted by atomic mass is 10.2. The summed E-state index contributed by atoms with van der Waals surface area (Å²) in [4.78, 5) is 8.32. The second-order valence-electron chi connectivity index (χ2n) is 3.81. The molecule has 0 unspecified atom stereocenters. The molecule has 2 rings (SSSR count). The van der Waals surface area contributed by atoms with Crippen LogP contribution in [0.4, 0.5) is 5.82 Å². The number of aromatic nitrogens is 3. The van der Waals surface area contributed by atoms with E-state index in [1.807, 2.05) is 6.92 Å². The molecule has 2 aromatic heterocycles. The largest absolute Gasteiger partial charge is 0.383 e. The zero-order valence-electron chi connectivity index (χ0n) is 9.82. The fourth-order valence-corrected chi connectivity index (χ4v) is 1.95. The Morgan fingerprint density at radius 2 is 2.12 bits per heavy atom. The summed E-state index contributed by atoms with van der Waals surface area (Å²) in [6, 6.07) is 0. The van der Waals surface area contributed by atoms with Crippen LogP contribution in [-0.2, 0) is 11.3 Å². The summed E-state index contributed by atoms with van der Waals surface area (Å²) >= 11 is 0. The van der Waals surface area contributed by atoms with Crippen molar-refractivity contribution < 1.29 is 4.74 Å². The highest BCUT2D eigenvalue weighted by Gasteiger charge is 2.14. The van der Waals surface area contributed by atoms with Gasteiger partial charge in [0, 0.05) is 19.3 Å². The van der Waals surface area contributed by atoms with Gasteiger partial charge in [0.15, 0.2) is 0 Å². The average molecular weight is 220 g/mol. The molecule has 0 atom stereocenters. The minimum atomic E-state index is 0.543. The molecule has 0 aliphatic heterocycles. The smallest absolute Gasteiger partial charge is 0.146 e. The molecule has 0 bridgehead atoms. The van der Waals surface area contributed by atoms with E-state index < -0.39 is 0 Å². The van der Waals surface area contributed by atoms with Crippen molar-refractivity contribution >= 4 is 16.9 Å². The Morgan fingerprint density at radius 3 is 2.81 bits per heavy atom. The van der Waals surface area contributed by atoms with E-state index in [9.17, 15) is 0 Å². The molecule has 0 radical (unpaired) electrons. The lowest BCUT2D eigenvalue weighted by Crippen LogP contribution is -2.06. The number of aryl methyl sites for hydroxylation is 1. The van der Waals surface area contributed by atoms with Crippen LogP contribution in [0.2, 0.25) is 0 Å². The Morgan fingerprint density at radius 1 is 1.38 bits per heavy atom. The number of hydrogen-bond donors (Lipinski definition) is 1. The zero-order valence-corrected chi connectivity index (χ0v) is 9.82. The van der Waals surface area contributed by atoms with Gasteiger partial charge in [-0.1, -0.05) is 0 Å². The number of nitrogen functional groups attached to an aromatic ring is 1. The van der Waals surface area contributed by atoms with Gasteiger partial charge in [0.25, 0.3) is 0 Å². The molecule has 0 spiro atoms. The summed E-state index contributed by atoms with van der Waals surface area (Å²) in [5, 5.41) is 0.955. The van der Waals surface area contributed by atoms with Crippen molar-refractivity contribution in [3.05, 3.63) is 17.6 Å². The molecule has 2 N–H and O–H groups in total. The Kier molecular flexibility index (Phi) is 2.78. The van der Waals surface area contributed by atoms with Crippen molar-refractivity contribution in [1.29, 1.82) is 0 Å². The standard InChI is InChI=1S/C11H16N4O/c1-7-8(2)15(4-5-16-3)11-9(7)10(12)13-6-14-11/h6H,4-5H2,1-3H3,(H2,12,13,14). The topological polar surface area (TPSA) is 66.0 Å². The van der Waals surface area contributed by atoms with E-state index in [2.05, 4.69) is 21.5 Å². The van der Waals surface area contributed by atoms with Crippen molar-refractivity contribution in [2.75, 3.05) is 19.5 Å². The Bertz CT molecular complexity index is 518. The SMILES string of the molecule is COCCn1c(C)c(C)c2c(N)ncnc21. The van der Waals surface area contributed by atoms with Gasteiger partial charge in [-0.2, -0.15) is 0 Å². The maximum absolute atomic E-state index is 5.87. The monoisotopic (exact) mass is 220 g/mol. The second-order valence-corrected chi connectivity index (χ2v) is 3.81. The molecule has 16 heavy (non-hydrogen) atoms. The summed E-state index contributed by atoms with van der Waals surface area (Å²) < 4.78 is 7.21. The van der Waals surface area contributed by atoms with Crippen LogP contribution in [0.1, 0.15) is 11.3 Å². The van der Waals surface area contributed by atoms with Crippen molar-refractivity contribution in [3.63, 3.8) is 0 Å². The third kappa shape index (κ3) is 1.53. The number of methoxy groups -OCH3 is 1. The van der Waals surface area contributed by atoms with Crippen LogP contribution in [0, 0.1) is 13.8 Å². The number of fused-ring (bicyclic) bond motifs is 1. The van der Waals surface area contributed by atoms with Gasteiger partial charge in [-0.25, -0.2) is 9.97 Å². The first-order chi connectivity index (χ1) is 7.66. The Balaban J connectivity index is 2.64. The fraction of sp³-hybridized carbons (Fsp3) is 0.455. The first-order valence-corrected chi connectivity index (χ1v) is 5.21. The minimum Gasteiger partial charge on any atom is -0.383 e. The molecule has 86 valence electrons. The quantitative estimate of drug-likeness (QED) is 0.846. The molecule has 0 saturated carbocycles. The predicted octanol–water partition coefficient (Wildman–Crippen LogP) is 1.28. The molecule has 0 saturated heterocycles. The van der Waals surface area contributed by atoms with Crippen molar-refractivity contribution in [1.82, 2.24) is 14.5 Å². The first-order valence-electron chi connectivity index (χ1n) is 5.21. The van der Waals surface area contributed by atoms with Crippen LogP contribution >= 0.6 is 0 Å². The maximum atomic E-state index is 5.87. The van der Waals surface area contributed by atoms with E-state index in [1.54, 1.807) is 7.11 Å². The van der Waals surface area contributed by atoms with E-state index >= 15 is 0 Å². The van der Waals surface area contributed by atoms with Gasteiger partial charge < -0.3 is 15.0 Å². The number of nitrogens with zero attached hydrogens (tertiary/aromatic N) is 3. The highest BCUT2D eigenvalue weighted by molar-refractivity contribution is 5.90. The molecule has 0 amide bonds. The first kappa shape index (κ1) is 10.9. The molecule has 0 aliphatic rings. The van der Waals surface area contributed by atoms with E-state index in [0.29, 0.717) is 12.4 Å². The van der Waals surface area contributed by atoms with Crippen molar-refractivity contribution in [2.24, 2.45) is 0 Å². The molecule has 5 nitrogen and oxygen atoms in total. The molecular weight excluding hydrogens is 204 g/mol. The summed E-state index contributed by atoms with van der Waals surface area (Å²) in [6.07, 6.45) is 1.50. The van der Waals surface area contributed by atoms with Gasteiger partial charge >= 0.3 is 0 Å². The van der Waals surface area contributed by atoms with Crippen LogP contribution in [0.5, 0.6) is 0 Å². The summed E-state index contributed by atoms with van der Waals surface area (Å²) in [5.41, 5.74) is 9.07. The van der Waals surface area contributed by atoms with Crippen LogP contribution in [0.3, 0.4) is 0 Å². The number of rotatable bonds is 3. The van der Waals surface area contributed by atoms with Crippen molar-refractivity contribution in [2.45, 2.75) is 20.4 Å². The minimum absolute atomic E-state index is 0.543. The summed E-state index contributed by atoms with van der Waals surface area (Å²) in [6.45, 7) is 5.55. The van der Waals surface area contributed by atoms with Gasteiger partial charge in [-0.05, 0) is 19.4 Å². The third-order valence-electron chi connectivity index (χ3n) is 2.95. The molecule has 0 aromatic carbocycles. The van der Waals surface area contributed by atoms with E-state index in [1.165, 1.54) is 12.0 Å². The highest BCUT2D eigenvalue weighted by Crippen LogP contribution is 2.26. The Labute approximate surface area is 94.2 Å². The van der Waals surface area contributed by atoms with Gasteiger partial charge in [-0.15, -0.1) is 0 Å². The average Bonchev–Trinajstić information content (AvgIpc) is 2.51. The van der Waals surface area contributed by atoms with E-state index in [0.717, 1.165) is 23.1 Å². The molecule has 0 aliphatic carbocycles. The van der Waals surface area contributed by atoms with E-state index in [-0.39, 0.29) is 0 Å².